The lowest BCUT2D eigenvalue weighted by Crippen LogP contribution is -2.32. The first-order valence-electron chi connectivity index (χ1n) is 7.63. The number of imidazole rings is 1. The smallest absolute Gasteiger partial charge is 0.324 e. The number of aromatic amines is 1. The van der Waals surface area contributed by atoms with Gasteiger partial charge in [-0.1, -0.05) is 17.2 Å². The summed E-state index contributed by atoms with van der Waals surface area (Å²) < 4.78 is 1.36. The van der Waals surface area contributed by atoms with E-state index in [1.54, 1.807) is 30.5 Å². The maximum absolute atomic E-state index is 12.3. The summed E-state index contributed by atoms with van der Waals surface area (Å²) >= 11 is 0. The first kappa shape index (κ1) is 15.6. The SMILES string of the molecule is O=C(ON1C(=O)c2ccccc2C1=O)c1ccc(-n2cc[nH]c2=O)cc1. The molecule has 2 aromatic carbocycles. The Bertz CT molecular complexity index is 1060. The van der Waals surface area contributed by atoms with E-state index in [1.807, 2.05) is 0 Å². The number of H-pyrrole nitrogens is 1. The molecule has 8 heteroatoms. The Morgan fingerprint density at radius 3 is 2.04 bits per heavy atom. The second-order valence-corrected chi connectivity index (χ2v) is 5.51. The van der Waals surface area contributed by atoms with Crippen LogP contribution in [0.25, 0.3) is 5.69 Å². The first-order chi connectivity index (χ1) is 12.6. The van der Waals surface area contributed by atoms with E-state index in [9.17, 15) is 19.2 Å². The van der Waals surface area contributed by atoms with Crippen molar-refractivity contribution in [3.05, 3.63) is 88.1 Å². The number of nitrogens with one attached hydrogen (secondary N) is 1. The molecule has 0 saturated heterocycles. The summed E-state index contributed by atoms with van der Waals surface area (Å²) in [6, 6.07) is 12.2. The van der Waals surface area contributed by atoms with Crippen molar-refractivity contribution in [2.45, 2.75) is 0 Å². The molecule has 2 heterocycles. The normalized spacial score (nSPS) is 13.0. The number of carbonyl (C=O) groups excluding carboxylic acids is 3. The van der Waals surface area contributed by atoms with Crippen LogP contribution in [-0.4, -0.2) is 32.4 Å². The molecule has 0 saturated carbocycles. The Balaban J connectivity index is 1.54. The van der Waals surface area contributed by atoms with E-state index < -0.39 is 17.8 Å². The van der Waals surface area contributed by atoms with Gasteiger partial charge in [0.05, 0.1) is 22.4 Å². The van der Waals surface area contributed by atoms with Crippen molar-refractivity contribution in [1.29, 1.82) is 0 Å². The third-order valence-corrected chi connectivity index (χ3v) is 3.96. The fourth-order valence-corrected chi connectivity index (χ4v) is 2.67. The molecule has 0 unspecified atom stereocenters. The van der Waals surface area contributed by atoms with Crippen LogP contribution in [0.1, 0.15) is 31.1 Å². The van der Waals surface area contributed by atoms with Gasteiger partial charge in [-0.3, -0.25) is 14.2 Å². The standard InChI is InChI=1S/C18H11N3O5/c22-15-13-3-1-2-4-14(13)16(23)21(15)26-17(24)11-5-7-12(8-6-11)20-10-9-19-18(20)25/h1-10H,(H,19,25). The Morgan fingerprint density at radius 2 is 1.50 bits per heavy atom. The zero-order chi connectivity index (χ0) is 18.3. The van der Waals surface area contributed by atoms with Gasteiger partial charge in [-0.25, -0.2) is 9.59 Å². The van der Waals surface area contributed by atoms with Crippen LogP contribution in [0.5, 0.6) is 0 Å². The van der Waals surface area contributed by atoms with Crippen molar-refractivity contribution < 1.29 is 19.2 Å². The second kappa shape index (κ2) is 5.85. The number of carbonyl (C=O) groups is 3. The van der Waals surface area contributed by atoms with Gasteiger partial charge in [0.25, 0.3) is 11.8 Å². The van der Waals surface area contributed by atoms with Gasteiger partial charge in [0.1, 0.15) is 0 Å². The van der Waals surface area contributed by atoms with Crippen molar-refractivity contribution in [1.82, 2.24) is 14.6 Å². The van der Waals surface area contributed by atoms with Crippen molar-refractivity contribution in [2.75, 3.05) is 0 Å². The van der Waals surface area contributed by atoms with Gasteiger partial charge < -0.3 is 9.82 Å². The molecule has 4 rings (SSSR count). The quantitative estimate of drug-likeness (QED) is 0.723. The molecule has 26 heavy (non-hydrogen) atoms. The Kier molecular flexibility index (Phi) is 3.51. The molecule has 0 fully saturated rings. The molecule has 128 valence electrons. The summed E-state index contributed by atoms with van der Waals surface area (Å²) in [5.41, 5.74) is 0.744. The van der Waals surface area contributed by atoms with Gasteiger partial charge in [0.15, 0.2) is 0 Å². The highest BCUT2D eigenvalue weighted by Gasteiger charge is 2.38. The molecule has 0 bridgehead atoms. The maximum Gasteiger partial charge on any atom is 0.363 e. The molecule has 2 amide bonds. The Hall–Kier alpha value is -3.94. The highest BCUT2D eigenvalue weighted by Crippen LogP contribution is 2.23. The van der Waals surface area contributed by atoms with Crippen LogP contribution in [0.3, 0.4) is 0 Å². The predicted octanol–water partition coefficient (Wildman–Crippen LogP) is 1.53. The molecular formula is C18H11N3O5. The van der Waals surface area contributed by atoms with Crippen LogP contribution < -0.4 is 5.69 Å². The molecule has 0 atom stereocenters. The summed E-state index contributed by atoms with van der Waals surface area (Å²) in [5.74, 6) is -2.23. The van der Waals surface area contributed by atoms with Crippen LogP contribution >= 0.6 is 0 Å². The number of aromatic nitrogens is 2. The molecule has 3 aromatic rings. The average molecular weight is 349 g/mol. The highest BCUT2D eigenvalue weighted by molar-refractivity contribution is 6.21. The summed E-state index contributed by atoms with van der Waals surface area (Å²) in [6.07, 6.45) is 3.04. The zero-order valence-corrected chi connectivity index (χ0v) is 13.2. The molecule has 1 N–H and O–H groups in total. The van der Waals surface area contributed by atoms with Crippen LogP contribution in [-0.2, 0) is 4.84 Å². The van der Waals surface area contributed by atoms with Gasteiger partial charge >= 0.3 is 11.7 Å². The fourth-order valence-electron chi connectivity index (χ4n) is 2.67. The number of hydrogen-bond acceptors (Lipinski definition) is 5. The van der Waals surface area contributed by atoms with Crippen molar-refractivity contribution in [3.63, 3.8) is 0 Å². The summed E-state index contributed by atoms with van der Waals surface area (Å²) in [6.45, 7) is 0. The number of hydroxylamine groups is 2. The minimum atomic E-state index is -0.854. The minimum Gasteiger partial charge on any atom is -0.324 e. The van der Waals surface area contributed by atoms with Gasteiger partial charge in [-0.15, -0.1) is 0 Å². The third kappa shape index (κ3) is 2.40. The van der Waals surface area contributed by atoms with E-state index in [0.717, 1.165) is 0 Å². The van der Waals surface area contributed by atoms with Crippen molar-refractivity contribution in [2.24, 2.45) is 0 Å². The molecule has 0 radical (unpaired) electrons. The van der Waals surface area contributed by atoms with Gasteiger partial charge in [0, 0.05) is 12.4 Å². The van der Waals surface area contributed by atoms with Gasteiger partial charge in [-0.2, -0.15) is 0 Å². The molecule has 1 aliphatic rings. The van der Waals surface area contributed by atoms with Crippen LogP contribution in [0.2, 0.25) is 0 Å². The molecule has 0 spiro atoms. The van der Waals surface area contributed by atoms with E-state index in [0.29, 0.717) is 10.8 Å². The number of amides is 2. The molecule has 1 aliphatic heterocycles. The summed E-state index contributed by atoms with van der Waals surface area (Å²) in [7, 11) is 0. The van der Waals surface area contributed by atoms with E-state index in [2.05, 4.69) is 4.98 Å². The van der Waals surface area contributed by atoms with Gasteiger partial charge in [-0.05, 0) is 36.4 Å². The number of nitrogens with zero attached hydrogens (tertiary/aromatic N) is 2. The van der Waals surface area contributed by atoms with E-state index in [1.165, 1.54) is 35.0 Å². The monoisotopic (exact) mass is 349 g/mol. The average Bonchev–Trinajstić information content (AvgIpc) is 3.19. The summed E-state index contributed by atoms with van der Waals surface area (Å²) in [4.78, 5) is 55.7. The summed E-state index contributed by atoms with van der Waals surface area (Å²) in [5, 5.41) is 0.456. The van der Waals surface area contributed by atoms with E-state index in [-0.39, 0.29) is 22.4 Å². The predicted molar refractivity (Wildman–Crippen MR) is 88.7 cm³/mol. The lowest BCUT2D eigenvalue weighted by atomic mass is 10.1. The van der Waals surface area contributed by atoms with Crippen LogP contribution in [0.15, 0.2) is 65.7 Å². The lowest BCUT2D eigenvalue weighted by molar-refractivity contribution is -0.0584. The minimum absolute atomic E-state index is 0.133. The first-order valence-corrected chi connectivity index (χ1v) is 7.63. The number of rotatable bonds is 3. The molecule has 1 aromatic heterocycles. The number of fused-ring (bicyclic) bond motifs is 1. The molecule has 8 nitrogen and oxygen atoms in total. The fraction of sp³-hybridized carbons (Fsp3) is 0. The second-order valence-electron chi connectivity index (χ2n) is 5.51. The molecular weight excluding hydrogens is 338 g/mol. The van der Waals surface area contributed by atoms with Crippen LogP contribution in [0, 0.1) is 0 Å². The third-order valence-electron chi connectivity index (χ3n) is 3.96. The zero-order valence-electron chi connectivity index (χ0n) is 13.2. The largest absolute Gasteiger partial charge is 0.363 e. The van der Waals surface area contributed by atoms with Crippen molar-refractivity contribution in [3.8, 4) is 5.69 Å². The van der Waals surface area contributed by atoms with Crippen molar-refractivity contribution >= 4 is 17.8 Å². The van der Waals surface area contributed by atoms with Gasteiger partial charge in [0.2, 0.25) is 0 Å². The van der Waals surface area contributed by atoms with E-state index >= 15 is 0 Å². The van der Waals surface area contributed by atoms with Crippen LogP contribution in [0.4, 0.5) is 0 Å². The number of hydrogen-bond donors (Lipinski definition) is 1. The molecule has 0 aliphatic carbocycles. The Labute approximate surface area is 146 Å². The van der Waals surface area contributed by atoms with E-state index in [4.69, 9.17) is 4.84 Å². The number of benzene rings is 2. The maximum atomic E-state index is 12.3. The number of imide groups is 1. The lowest BCUT2D eigenvalue weighted by Gasteiger charge is -2.12. The Morgan fingerprint density at radius 1 is 0.885 bits per heavy atom. The highest BCUT2D eigenvalue weighted by atomic mass is 16.7. The topological polar surface area (TPSA) is 101 Å².